The van der Waals surface area contributed by atoms with Crippen LogP contribution in [0.5, 0.6) is 0 Å². The van der Waals surface area contributed by atoms with E-state index < -0.39 is 0 Å². The van der Waals surface area contributed by atoms with E-state index in [4.69, 9.17) is 5.26 Å². The first kappa shape index (κ1) is 11.3. The van der Waals surface area contributed by atoms with E-state index in [0.29, 0.717) is 5.41 Å². The monoisotopic (exact) mass is 191 g/mol. The first-order valence-corrected chi connectivity index (χ1v) is 5.61. The lowest BCUT2D eigenvalue weighted by Gasteiger charge is -2.29. The molecule has 1 nitrogen and oxygen atoms in total. The molecule has 1 fully saturated rings. The second-order valence-corrected chi connectivity index (χ2v) is 5.43. The summed E-state index contributed by atoms with van der Waals surface area (Å²) in [6.45, 7) is 6.99. The van der Waals surface area contributed by atoms with Crippen LogP contribution in [0.4, 0.5) is 0 Å². The van der Waals surface area contributed by atoms with Crippen LogP contribution in [0.15, 0.2) is 11.6 Å². The number of hydrogen-bond donors (Lipinski definition) is 0. The minimum Gasteiger partial charge on any atom is -0.193 e. The van der Waals surface area contributed by atoms with Crippen LogP contribution >= 0.6 is 0 Å². The lowest BCUT2D eigenvalue weighted by molar-refractivity contribution is 0.216. The van der Waals surface area contributed by atoms with Crippen LogP contribution in [0.1, 0.15) is 52.9 Å². The van der Waals surface area contributed by atoms with Gasteiger partial charge < -0.3 is 0 Å². The zero-order chi connectivity index (χ0) is 10.6. The summed E-state index contributed by atoms with van der Waals surface area (Å²) in [7, 11) is 0. The number of hydrogen-bond acceptors (Lipinski definition) is 1. The number of nitriles is 1. The second kappa shape index (κ2) is 4.64. The van der Waals surface area contributed by atoms with Crippen molar-refractivity contribution in [2.24, 2.45) is 11.3 Å². The fourth-order valence-electron chi connectivity index (χ4n) is 2.31. The average molecular weight is 191 g/mol. The number of rotatable bonds is 0. The highest BCUT2D eigenvalue weighted by atomic mass is 14.3. The summed E-state index contributed by atoms with van der Waals surface area (Å²) in [4.78, 5) is 0. The molecular formula is C13H21N. The Bertz CT molecular complexity index is 249. The van der Waals surface area contributed by atoms with E-state index in [1.807, 2.05) is 0 Å². The number of allylic oxidation sites excluding steroid dienone is 2. The third kappa shape index (κ3) is 3.18. The predicted molar refractivity (Wildman–Crippen MR) is 59.7 cm³/mol. The first-order chi connectivity index (χ1) is 6.54. The Balaban J connectivity index is 2.58. The zero-order valence-electron chi connectivity index (χ0n) is 9.64. The van der Waals surface area contributed by atoms with Crippen molar-refractivity contribution in [3.8, 4) is 6.07 Å². The van der Waals surface area contributed by atoms with Crippen molar-refractivity contribution < 1.29 is 0 Å². The summed E-state index contributed by atoms with van der Waals surface area (Å²) < 4.78 is 0. The Labute approximate surface area is 87.8 Å². The van der Waals surface area contributed by atoms with Crippen LogP contribution in [-0.4, -0.2) is 0 Å². The van der Waals surface area contributed by atoms with Crippen LogP contribution in [-0.2, 0) is 0 Å². The summed E-state index contributed by atoms with van der Waals surface area (Å²) in [5.74, 6) is 0.826. The van der Waals surface area contributed by atoms with Gasteiger partial charge in [0, 0.05) is 6.08 Å². The Morgan fingerprint density at radius 3 is 2.57 bits per heavy atom. The molecule has 0 saturated heterocycles. The van der Waals surface area contributed by atoms with Gasteiger partial charge in [-0.15, -0.1) is 0 Å². The lowest BCUT2D eigenvalue weighted by atomic mass is 9.76. The van der Waals surface area contributed by atoms with Crippen LogP contribution < -0.4 is 0 Å². The minimum absolute atomic E-state index is 0.433. The Morgan fingerprint density at radius 2 is 2.00 bits per heavy atom. The van der Waals surface area contributed by atoms with Gasteiger partial charge in [-0.05, 0) is 43.4 Å². The van der Waals surface area contributed by atoms with Gasteiger partial charge in [0.05, 0.1) is 6.07 Å². The molecule has 0 radical (unpaired) electrons. The van der Waals surface area contributed by atoms with Gasteiger partial charge in [0.1, 0.15) is 0 Å². The van der Waals surface area contributed by atoms with E-state index in [9.17, 15) is 0 Å². The normalized spacial score (nSPS) is 27.0. The van der Waals surface area contributed by atoms with E-state index in [1.54, 1.807) is 6.08 Å². The summed E-state index contributed by atoms with van der Waals surface area (Å²) in [6.07, 6.45) is 7.87. The third-order valence-corrected chi connectivity index (χ3v) is 3.36. The Hall–Kier alpha value is -0.770. The van der Waals surface area contributed by atoms with Crippen molar-refractivity contribution in [1.82, 2.24) is 0 Å². The van der Waals surface area contributed by atoms with Crippen LogP contribution in [0.2, 0.25) is 0 Å². The first-order valence-electron chi connectivity index (χ1n) is 5.61. The number of nitrogens with zero attached hydrogens (tertiary/aromatic N) is 1. The molecule has 1 saturated carbocycles. The zero-order valence-corrected chi connectivity index (χ0v) is 9.64. The van der Waals surface area contributed by atoms with Crippen molar-refractivity contribution in [1.29, 1.82) is 5.26 Å². The molecule has 0 heterocycles. The van der Waals surface area contributed by atoms with Gasteiger partial charge >= 0.3 is 0 Å². The summed E-state index contributed by atoms with van der Waals surface area (Å²) in [5, 5.41) is 8.61. The van der Waals surface area contributed by atoms with Gasteiger partial charge in [-0.25, -0.2) is 0 Å². The molecule has 0 aromatic heterocycles. The maximum atomic E-state index is 8.61. The van der Waals surface area contributed by atoms with Gasteiger partial charge in [0.2, 0.25) is 0 Å². The van der Waals surface area contributed by atoms with Gasteiger partial charge in [0.15, 0.2) is 0 Å². The van der Waals surface area contributed by atoms with Gasteiger partial charge in [0.25, 0.3) is 0 Å². The smallest absolute Gasteiger partial charge is 0.0911 e. The van der Waals surface area contributed by atoms with Gasteiger partial charge in [-0.1, -0.05) is 26.3 Å². The molecule has 0 amide bonds. The molecule has 0 bridgehead atoms. The largest absolute Gasteiger partial charge is 0.193 e. The van der Waals surface area contributed by atoms with E-state index in [-0.39, 0.29) is 0 Å². The highest BCUT2D eigenvalue weighted by Gasteiger charge is 2.25. The molecule has 1 rings (SSSR count). The molecule has 0 spiro atoms. The van der Waals surface area contributed by atoms with E-state index in [1.165, 1.54) is 24.8 Å². The fourth-order valence-corrected chi connectivity index (χ4v) is 2.31. The molecule has 1 atom stereocenters. The summed E-state index contributed by atoms with van der Waals surface area (Å²) >= 11 is 0. The SMILES string of the molecule is CC(C)(C)C1CCCC(=CC#N)CC1. The topological polar surface area (TPSA) is 23.8 Å². The molecule has 0 aliphatic heterocycles. The van der Waals surface area contributed by atoms with Crippen molar-refractivity contribution in [3.05, 3.63) is 11.6 Å². The standard InChI is InChI=1S/C13H21N/c1-13(2,3)12-6-4-5-11(7-8-12)9-10-14/h9,12H,4-8H2,1-3H3. The summed E-state index contributed by atoms with van der Waals surface area (Å²) in [6, 6.07) is 2.16. The third-order valence-electron chi connectivity index (χ3n) is 3.36. The van der Waals surface area contributed by atoms with E-state index in [2.05, 4.69) is 26.8 Å². The second-order valence-electron chi connectivity index (χ2n) is 5.43. The maximum Gasteiger partial charge on any atom is 0.0911 e. The molecule has 0 N–H and O–H groups in total. The molecule has 1 unspecified atom stereocenters. The average Bonchev–Trinajstić information content (AvgIpc) is 2.29. The Morgan fingerprint density at radius 1 is 1.29 bits per heavy atom. The summed E-state index contributed by atoms with van der Waals surface area (Å²) in [5.41, 5.74) is 1.79. The van der Waals surface area contributed by atoms with E-state index >= 15 is 0 Å². The van der Waals surface area contributed by atoms with Gasteiger partial charge in [-0.3, -0.25) is 0 Å². The van der Waals surface area contributed by atoms with Crippen LogP contribution in [0, 0.1) is 22.7 Å². The van der Waals surface area contributed by atoms with Crippen LogP contribution in [0.25, 0.3) is 0 Å². The quantitative estimate of drug-likeness (QED) is 0.418. The minimum atomic E-state index is 0.433. The molecule has 1 aliphatic rings. The molecule has 0 aromatic rings. The predicted octanol–water partition coefficient (Wildman–Crippen LogP) is 4.06. The molecule has 1 aliphatic carbocycles. The lowest BCUT2D eigenvalue weighted by Crippen LogP contribution is -2.19. The highest BCUT2D eigenvalue weighted by molar-refractivity contribution is 5.14. The van der Waals surface area contributed by atoms with Gasteiger partial charge in [-0.2, -0.15) is 5.26 Å². The fraction of sp³-hybridized carbons (Fsp3) is 0.769. The molecule has 14 heavy (non-hydrogen) atoms. The Kier molecular flexibility index (Phi) is 3.75. The molecule has 1 heteroatoms. The molecule has 0 aromatic carbocycles. The van der Waals surface area contributed by atoms with Crippen molar-refractivity contribution in [2.45, 2.75) is 52.9 Å². The van der Waals surface area contributed by atoms with Crippen molar-refractivity contribution in [2.75, 3.05) is 0 Å². The van der Waals surface area contributed by atoms with Crippen LogP contribution in [0.3, 0.4) is 0 Å². The molecule has 78 valence electrons. The van der Waals surface area contributed by atoms with E-state index in [0.717, 1.165) is 18.8 Å². The van der Waals surface area contributed by atoms with Crippen molar-refractivity contribution in [3.63, 3.8) is 0 Å². The maximum absolute atomic E-state index is 8.61. The highest BCUT2D eigenvalue weighted by Crippen LogP contribution is 2.37. The molecular weight excluding hydrogens is 170 g/mol. The van der Waals surface area contributed by atoms with Crippen molar-refractivity contribution >= 4 is 0 Å².